The smallest absolute Gasteiger partial charge is 0.323 e. The lowest BCUT2D eigenvalue weighted by Gasteiger charge is -2.48. The van der Waals surface area contributed by atoms with Gasteiger partial charge in [-0.2, -0.15) is 0 Å². The van der Waals surface area contributed by atoms with Crippen LogP contribution in [0.15, 0.2) is 34.7 Å². The molecule has 0 radical (unpaired) electrons. The summed E-state index contributed by atoms with van der Waals surface area (Å²) >= 11 is 2.19. The molecule has 2 aliphatic carbocycles. The Morgan fingerprint density at radius 3 is 2.00 bits per heavy atom. The number of ether oxygens (including phenoxy) is 2. The van der Waals surface area contributed by atoms with E-state index in [4.69, 9.17) is 9.47 Å². The molecule has 8 heteroatoms. The zero-order valence-corrected chi connectivity index (χ0v) is 23.9. The molecule has 0 unspecified atom stereocenters. The third kappa shape index (κ3) is 4.80. The van der Waals surface area contributed by atoms with Gasteiger partial charge in [-0.05, 0) is 70.9 Å². The van der Waals surface area contributed by atoms with Gasteiger partial charge in [0.05, 0.1) is 17.3 Å². The van der Waals surface area contributed by atoms with Crippen LogP contribution in [0.5, 0.6) is 11.5 Å². The summed E-state index contributed by atoms with van der Waals surface area (Å²) in [5, 5.41) is 9.82. The Morgan fingerprint density at radius 2 is 1.56 bits per heavy atom. The molecule has 4 rings (SSSR count). The Labute approximate surface area is 226 Å². The number of aliphatic carboxylic acids is 1. The summed E-state index contributed by atoms with van der Waals surface area (Å²) in [7, 11) is 1.59. The van der Waals surface area contributed by atoms with E-state index in [0.29, 0.717) is 54.9 Å². The van der Waals surface area contributed by atoms with E-state index in [1.54, 1.807) is 12.0 Å². The van der Waals surface area contributed by atoms with Crippen molar-refractivity contribution in [1.29, 1.82) is 0 Å². The van der Waals surface area contributed by atoms with Crippen LogP contribution in [0.2, 0.25) is 0 Å². The Morgan fingerprint density at radius 1 is 1.03 bits per heavy atom. The number of rotatable bonds is 6. The van der Waals surface area contributed by atoms with Crippen LogP contribution in [0.3, 0.4) is 0 Å². The van der Waals surface area contributed by atoms with Crippen molar-refractivity contribution in [3.05, 3.63) is 43.8 Å². The minimum Gasteiger partial charge on any atom is -0.492 e. The first kappa shape index (κ1) is 26.7. The molecular weight excluding hydrogens is 573 g/mol. The number of Topliss-reactive ketones (excluding diaryl/α,β-unsaturated/α-hetero) is 2. The van der Waals surface area contributed by atoms with E-state index in [2.05, 4.69) is 22.6 Å². The Bertz CT molecular complexity index is 1150. The first-order chi connectivity index (χ1) is 16.8. The molecule has 0 fully saturated rings. The summed E-state index contributed by atoms with van der Waals surface area (Å²) in [6.45, 7) is 10.2. The zero-order chi connectivity index (χ0) is 26.6. The van der Waals surface area contributed by atoms with E-state index in [1.807, 2.05) is 46.8 Å². The van der Waals surface area contributed by atoms with Crippen molar-refractivity contribution >= 4 is 40.1 Å². The van der Waals surface area contributed by atoms with Gasteiger partial charge in [0.1, 0.15) is 6.54 Å². The van der Waals surface area contributed by atoms with E-state index >= 15 is 0 Å². The van der Waals surface area contributed by atoms with Crippen molar-refractivity contribution < 1.29 is 29.0 Å². The van der Waals surface area contributed by atoms with Gasteiger partial charge in [0.2, 0.25) is 0 Å². The quantitative estimate of drug-likeness (QED) is 0.429. The van der Waals surface area contributed by atoms with Crippen molar-refractivity contribution in [3.8, 4) is 11.5 Å². The summed E-state index contributed by atoms with van der Waals surface area (Å²) in [4.78, 5) is 41.3. The maximum Gasteiger partial charge on any atom is 0.323 e. The van der Waals surface area contributed by atoms with Crippen LogP contribution in [-0.2, 0) is 14.4 Å². The van der Waals surface area contributed by atoms with Crippen LogP contribution < -0.4 is 9.47 Å². The van der Waals surface area contributed by atoms with Crippen molar-refractivity contribution in [3.63, 3.8) is 0 Å². The molecule has 0 aromatic heterocycles. The van der Waals surface area contributed by atoms with Crippen molar-refractivity contribution in [2.75, 3.05) is 20.3 Å². The number of carbonyl (C=O) groups is 3. The number of nitrogens with zero attached hydrogens (tertiary/aromatic N) is 1. The molecule has 1 N–H and O–H groups in total. The highest BCUT2D eigenvalue weighted by Crippen LogP contribution is 2.55. The number of methoxy groups -OCH3 is 1. The van der Waals surface area contributed by atoms with E-state index in [9.17, 15) is 19.5 Å². The standard InChI is InChI=1S/C28H34INO6/c1-7-36-21-9-15(8-16(29)26(21)35-6)23-24-17(10-27(2,3)12-19(24)31)30(14-22(33)34)18-11-28(4,5)13-20(32)25(18)23/h8-9,23H,7,10-14H2,1-6H3,(H,33,34). The van der Waals surface area contributed by atoms with Gasteiger partial charge < -0.3 is 19.5 Å². The average Bonchev–Trinajstić information content (AvgIpc) is 2.73. The van der Waals surface area contributed by atoms with E-state index in [1.165, 1.54) is 0 Å². The van der Waals surface area contributed by atoms with Crippen LogP contribution >= 0.6 is 22.6 Å². The lowest BCUT2D eigenvalue weighted by atomic mass is 9.63. The van der Waals surface area contributed by atoms with E-state index in [-0.39, 0.29) is 28.9 Å². The highest BCUT2D eigenvalue weighted by Gasteiger charge is 2.49. The van der Waals surface area contributed by atoms with Crippen LogP contribution in [0.4, 0.5) is 0 Å². The summed E-state index contributed by atoms with van der Waals surface area (Å²) in [6.07, 6.45) is 1.82. The summed E-state index contributed by atoms with van der Waals surface area (Å²) < 4.78 is 12.3. The molecule has 36 heavy (non-hydrogen) atoms. The molecule has 0 saturated heterocycles. The first-order valence-electron chi connectivity index (χ1n) is 12.3. The van der Waals surface area contributed by atoms with Crippen molar-refractivity contribution in [1.82, 2.24) is 4.90 Å². The second kappa shape index (κ2) is 9.50. The molecule has 0 saturated carbocycles. The molecule has 1 aromatic rings. The van der Waals surface area contributed by atoms with Gasteiger partial charge in [-0.15, -0.1) is 0 Å². The molecule has 194 valence electrons. The molecule has 0 atom stereocenters. The van der Waals surface area contributed by atoms with Gasteiger partial charge in [0.25, 0.3) is 0 Å². The molecule has 3 aliphatic rings. The largest absolute Gasteiger partial charge is 0.492 e. The predicted molar refractivity (Wildman–Crippen MR) is 144 cm³/mol. The van der Waals surface area contributed by atoms with Gasteiger partial charge >= 0.3 is 5.97 Å². The van der Waals surface area contributed by atoms with Gasteiger partial charge in [-0.1, -0.05) is 27.7 Å². The number of carboxylic acid groups (broad SMARTS) is 1. The monoisotopic (exact) mass is 607 g/mol. The van der Waals surface area contributed by atoms with Crippen LogP contribution in [-0.4, -0.2) is 47.8 Å². The molecular formula is C28H34INO6. The van der Waals surface area contributed by atoms with Gasteiger partial charge in [-0.3, -0.25) is 14.4 Å². The number of carbonyl (C=O) groups excluding carboxylic acids is 2. The highest BCUT2D eigenvalue weighted by atomic mass is 127. The van der Waals surface area contributed by atoms with Crippen LogP contribution in [0.25, 0.3) is 0 Å². The number of allylic oxidation sites excluding steroid dienone is 4. The second-order valence-corrected chi connectivity index (χ2v) is 12.6. The Kier molecular flexibility index (Phi) is 7.05. The maximum atomic E-state index is 13.8. The molecule has 1 aliphatic heterocycles. The maximum absolute atomic E-state index is 13.8. The fraction of sp³-hybridized carbons (Fsp3) is 0.536. The SMILES string of the molecule is CCOc1cc(C2C3=C(CC(C)(C)CC3=O)N(CC(=O)O)C3=C2C(=O)CC(C)(C)C3)cc(I)c1OC. The average molecular weight is 607 g/mol. The second-order valence-electron chi connectivity index (χ2n) is 11.5. The van der Waals surface area contributed by atoms with Gasteiger partial charge in [0.15, 0.2) is 23.1 Å². The summed E-state index contributed by atoms with van der Waals surface area (Å²) in [5.74, 6) is -0.446. The van der Waals surface area contributed by atoms with Gasteiger partial charge in [0, 0.05) is 41.3 Å². The third-order valence-corrected chi connectivity index (χ3v) is 7.99. The van der Waals surface area contributed by atoms with Crippen molar-refractivity contribution in [2.24, 2.45) is 10.8 Å². The molecule has 0 spiro atoms. The Hall–Kier alpha value is -2.36. The number of ketones is 2. The first-order valence-corrected chi connectivity index (χ1v) is 13.4. The predicted octanol–water partition coefficient (Wildman–Crippen LogP) is 5.47. The summed E-state index contributed by atoms with van der Waals surface area (Å²) in [5.41, 5.74) is 2.73. The lowest BCUT2D eigenvalue weighted by Crippen LogP contribution is -2.45. The molecule has 7 nitrogen and oxygen atoms in total. The highest BCUT2D eigenvalue weighted by molar-refractivity contribution is 14.1. The summed E-state index contributed by atoms with van der Waals surface area (Å²) in [6, 6.07) is 3.83. The normalized spacial score (nSPS) is 21.4. The fourth-order valence-corrected chi connectivity index (χ4v) is 6.77. The minimum atomic E-state index is -0.989. The molecule has 0 amide bonds. The zero-order valence-electron chi connectivity index (χ0n) is 21.8. The van der Waals surface area contributed by atoms with E-state index < -0.39 is 11.9 Å². The Balaban J connectivity index is 2.04. The third-order valence-electron chi connectivity index (χ3n) is 7.18. The number of carboxylic acids is 1. The number of hydrogen-bond acceptors (Lipinski definition) is 6. The molecule has 1 heterocycles. The van der Waals surface area contributed by atoms with Crippen LogP contribution in [0, 0.1) is 14.4 Å². The van der Waals surface area contributed by atoms with Crippen LogP contribution in [0.1, 0.15) is 71.8 Å². The molecule has 0 bridgehead atoms. The van der Waals surface area contributed by atoms with Crippen molar-refractivity contribution in [2.45, 2.75) is 66.2 Å². The number of benzene rings is 1. The topological polar surface area (TPSA) is 93.1 Å². The lowest BCUT2D eigenvalue weighted by molar-refractivity contribution is -0.138. The fourth-order valence-electron chi connectivity index (χ4n) is 5.92. The van der Waals surface area contributed by atoms with E-state index in [0.717, 1.165) is 20.5 Å². The van der Waals surface area contributed by atoms with Gasteiger partial charge in [-0.25, -0.2) is 0 Å². The molecule has 1 aromatic carbocycles. The minimum absolute atomic E-state index is 0.0328. The number of halogens is 1. The number of hydrogen-bond donors (Lipinski definition) is 1.